The fourth-order valence-electron chi connectivity index (χ4n) is 0.730. The summed E-state index contributed by atoms with van der Waals surface area (Å²) in [4.78, 5) is 21.1. The highest BCUT2D eigenvalue weighted by Gasteiger charge is 2.05. The fourth-order valence-corrected chi connectivity index (χ4v) is 1.27. The maximum Gasteiger partial charge on any atom is 0.322 e. The van der Waals surface area contributed by atoms with E-state index in [1.54, 1.807) is 11.4 Å². The summed E-state index contributed by atoms with van der Waals surface area (Å²) in [5.74, 6) is -1.38. The van der Waals surface area contributed by atoms with Crippen molar-refractivity contribution in [3.05, 3.63) is 17.1 Å². The first-order chi connectivity index (χ1) is 6.18. The molecule has 0 radical (unpaired) electrons. The maximum atomic E-state index is 11.0. The Morgan fingerprint density at radius 3 is 2.92 bits per heavy atom. The van der Waals surface area contributed by atoms with Gasteiger partial charge in [-0.1, -0.05) is 0 Å². The topological polar surface area (TPSA) is 79.3 Å². The normalized spacial score (nSPS) is 9.54. The molecule has 0 unspecified atom stereocenters. The van der Waals surface area contributed by atoms with E-state index in [9.17, 15) is 9.59 Å². The zero-order chi connectivity index (χ0) is 9.68. The third-order valence-corrected chi connectivity index (χ3v) is 1.87. The molecule has 0 aromatic carbocycles. The molecular formula is C7H8N2O3S. The summed E-state index contributed by atoms with van der Waals surface area (Å²) in [6.07, 6.45) is 0.136. The minimum atomic E-state index is -1.05. The van der Waals surface area contributed by atoms with E-state index in [1.807, 2.05) is 0 Å². The average molecular weight is 200 g/mol. The third-order valence-electron chi connectivity index (χ3n) is 1.27. The number of carbonyl (C=O) groups is 2. The van der Waals surface area contributed by atoms with Crippen LogP contribution in [0.1, 0.15) is 5.69 Å². The van der Waals surface area contributed by atoms with Gasteiger partial charge < -0.3 is 10.4 Å². The van der Waals surface area contributed by atoms with Crippen LogP contribution in [-0.2, 0) is 16.0 Å². The molecule has 0 aliphatic rings. The lowest BCUT2D eigenvalue weighted by molar-refractivity contribution is -0.137. The predicted octanol–water partition coefficient (Wildman–Crippen LogP) is -0.114. The number of rotatable bonds is 4. The van der Waals surface area contributed by atoms with Crippen LogP contribution in [0.4, 0.5) is 0 Å². The van der Waals surface area contributed by atoms with E-state index in [1.165, 1.54) is 11.5 Å². The quantitative estimate of drug-likeness (QED) is 0.710. The Morgan fingerprint density at radius 2 is 2.38 bits per heavy atom. The van der Waals surface area contributed by atoms with Gasteiger partial charge in [0.15, 0.2) is 0 Å². The van der Waals surface area contributed by atoms with Gasteiger partial charge in [-0.25, -0.2) is 0 Å². The lowest BCUT2D eigenvalue weighted by Gasteiger charge is -1.98. The molecule has 1 aromatic heterocycles. The Balaban J connectivity index is 2.30. The first-order valence-corrected chi connectivity index (χ1v) is 4.40. The van der Waals surface area contributed by atoms with Gasteiger partial charge in [0.2, 0.25) is 5.91 Å². The summed E-state index contributed by atoms with van der Waals surface area (Å²) in [5, 5.41) is 12.3. The summed E-state index contributed by atoms with van der Waals surface area (Å²) in [5.41, 5.74) is 0.660. The van der Waals surface area contributed by atoms with E-state index in [-0.39, 0.29) is 18.9 Å². The van der Waals surface area contributed by atoms with Crippen molar-refractivity contribution >= 4 is 23.4 Å². The lowest BCUT2D eigenvalue weighted by atomic mass is 10.3. The number of hydrogen-bond acceptors (Lipinski definition) is 4. The van der Waals surface area contributed by atoms with Crippen molar-refractivity contribution in [3.63, 3.8) is 0 Å². The molecule has 0 saturated carbocycles. The Bertz CT molecular complexity index is 297. The maximum absolute atomic E-state index is 11.0. The second-order valence-electron chi connectivity index (χ2n) is 2.34. The molecule has 1 rings (SSSR count). The molecule has 13 heavy (non-hydrogen) atoms. The Hall–Kier alpha value is -1.43. The van der Waals surface area contributed by atoms with Crippen LogP contribution in [0.3, 0.4) is 0 Å². The lowest BCUT2D eigenvalue weighted by Crippen LogP contribution is -2.30. The van der Waals surface area contributed by atoms with Gasteiger partial charge in [-0.15, -0.1) is 0 Å². The van der Waals surface area contributed by atoms with Gasteiger partial charge in [0.1, 0.15) is 6.54 Å². The number of hydrogen-bond donors (Lipinski definition) is 2. The van der Waals surface area contributed by atoms with E-state index in [2.05, 4.69) is 9.69 Å². The van der Waals surface area contributed by atoms with Gasteiger partial charge in [0.25, 0.3) is 0 Å². The number of aromatic nitrogens is 1. The molecule has 1 amide bonds. The van der Waals surface area contributed by atoms with Crippen molar-refractivity contribution in [2.75, 3.05) is 6.54 Å². The van der Waals surface area contributed by atoms with Gasteiger partial charge in [-0.05, 0) is 17.6 Å². The number of carbonyl (C=O) groups excluding carboxylic acids is 1. The Labute approximate surface area is 78.6 Å². The number of nitrogens with zero attached hydrogens (tertiary/aromatic N) is 1. The molecule has 0 atom stereocenters. The molecule has 6 heteroatoms. The van der Waals surface area contributed by atoms with Crippen LogP contribution < -0.4 is 5.32 Å². The second-order valence-corrected chi connectivity index (χ2v) is 3.00. The van der Waals surface area contributed by atoms with Crippen molar-refractivity contribution < 1.29 is 14.7 Å². The van der Waals surface area contributed by atoms with Crippen molar-refractivity contribution in [3.8, 4) is 0 Å². The molecule has 0 bridgehead atoms. The number of aliphatic carboxylic acids is 1. The molecule has 0 saturated heterocycles. The van der Waals surface area contributed by atoms with Crippen molar-refractivity contribution in [2.24, 2.45) is 0 Å². The number of carboxylic acids is 1. The Morgan fingerprint density at radius 1 is 1.62 bits per heavy atom. The van der Waals surface area contributed by atoms with E-state index in [0.29, 0.717) is 5.69 Å². The SMILES string of the molecule is O=C(O)CNC(=O)Cc1ccsn1. The minimum absolute atomic E-state index is 0.136. The minimum Gasteiger partial charge on any atom is -0.480 e. The third kappa shape index (κ3) is 3.66. The van der Waals surface area contributed by atoms with Crippen LogP contribution in [0.5, 0.6) is 0 Å². The molecule has 0 fully saturated rings. The van der Waals surface area contributed by atoms with Crippen LogP contribution in [0.2, 0.25) is 0 Å². The highest BCUT2D eigenvalue weighted by atomic mass is 32.1. The number of nitrogens with one attached hydrogen (secondary N) is 1. The summed E-state index contributed by atoms with van der Waals surface area (Å²) in [6.45, 7) is -0.344. The molecule has 1 heterocycles. The van der Waals surface area contributed by atoms with Crippen LogP contribution in [-0.4, -0.2) is 27.9 Å². The molecular weight excluding hydrogens is 192 g/mol. The van der Waals surface area contributed by atoms with Crippen LogP contribution in [0, 0.1) is 0 Å². The van der Waals surface area contributed by atoms with E-state index in [0.717, 1.165) is 0 Å². The molecule has 0 aliphatic carbocycles. The van der Waals surface area contributed by atoms with Gasteiger partial charge in [0.05, 0.1) is 12.1 Å². The van der Waals surface area contributed by atoms with Crippen molar-refractivity contribution in [1.82, 2.24) is 9.69 Å². The zero-order valence-electron chi connectivity index (χ0n) is 6.69. The number of amides is 1. The number of carboxylic acid groups (broad SMARTS) is 1. The van der Waals surface area contributed by atoms with E-state index < -0.39 is 5.97 Å². The summed E-state index contributed by atoms with van der Waals surface area (Å²) in [7, 11) is 0. The molecule has 70 valence electrons. The molecule has 1 aromatic rings. The molecule has 0 spiro atoms. The summed E-state index contributed by atoms with van der Waals surface area (Å²) in [6, 6.07) is 1.73. The molecule has 0 aliphatic heterocycles. The van der Waals surface area contributed by atoms with Crippen molar-refractivity contribution in [2.45, 2.75) is 6.42 Å². The smallest absolute Gasteiger partial charge is 0.322 e. The monoisotopic (exact) mass is 200 g/mol. The molecule has 5 nitrogen and oxygen atoms in total. The van der Waals surface area contributed by atoms with Crippen LogP contribution >= 0.6 is 11.5 Å². The largest absolute Gasteiger partial charge is 0.480 e. The Kier molecular flexibility index (Phi) is 3.39. The van der Waals surface area contributed by atoms with Gasteiger partial charge in [-0.3, -0.25) is 9.59 Å². The van der Waals surface area contributed by atoms with Gasteiger partial charge >= 0.3 is 5.97 Å². The predicted molar refractivity (Wildman–Crippen MR) is 46.5 cm³/mol. The fraction of sp³-hybridized carbons (Fsp3) is 0.286. The van der Waals surface area contributed by atoms with Crippen LogP contribution in [0.15, 0.2) is 11.4 Å². The van der Waals surface area contributed by atoms with E-state index >= 15 is 0 Å². The van der Waals surface area contributed by atoms with Gasteiger partial charge in [-0.2, -0.15) is 4.37 Å². The zero-order valence-corrected chi connectivity index (χ0v) is 7.50. The summed E-state index contributed by atoms with van der Waals surface area (Å²) < 4.78 is 3.92. The standard InChI is InChI=1S/C7H8N2O3S/c10-6(8-4-7(11)12)3-5-1-2-13-9-5/h1-2H,3-4H2,(H,8,10)(H,11,12). The van der Waals surface area contributed by atoms with Gasteiger partial charge in [0, 0.05) is 5.38 Å². The van der Waals surface area contributed by atoms with E-state index in [4.69, 9.17) is 5.11 Å². The first-order valence-electron chi connectivity index (χ1n) is 3.56. The average Bonchev–Trinajstić information content (AvgIpc) is 2.53. The second kappa shape index (κ2) is 4.56. The summed E-state index contributed by atoms with van der Waals surface area (Å²) >= 11 is 1.26. The van der Waals surface area contributed by atoms with Crippen molar-refractivity contribution in [1.29, 1.82) is 0 Å². The first kappa shape index (κ1) is 9.66. The highest BCUT2D eigenvalue weighted by molar-refractivity contribution is 7.03. The highest BCUT2D eigenvalue weighted by Crippen LogP contribution is 1.99. The van der Waals surface area contributed by atoms with Crippen LogP contribution in [0.25, 0.3) is 0 Å². The molecule has 2 N–H and O–H groups in total.